The number of pyridine rings is 1. The van der Waals surface area contributed by atoms with E-state index in [9.17, 15) is 13.6 Å². The molecule has 3 aromatic rings. The third kappa shape index (κ3) is 4.57. The number of halogens is 2. The number of carbonyl (C=O) groups is 1. The van der Waals surface area contributed by atoms with Crippen molar-refractivity contribution in [2.45, 2.75) is 13.0 Å². The minimum Gasteiger partial charge on any atom is -0.433 e. The van der Waals surface area contributed by atoms with E-state index in [1.165, 1.54) is 23.5 Å². The Labute approximate surface area is 146 Å². The van der Waals surface area contributed by atoms with Crippen molar-refractivity contribution in [2.75, 3.05) is 5.32 Å². The molecule has 0 saturated carbocycles. The Kier molecular flexibility index (Phi) is 5.30. The van der Waals surface area contributed by atoms with Crippen LogP contribution in [0.2, 0.25) is 0 Å². The van der Waals surface area contributed by atoms with Gasteiger partial charge in [-0.25, -0.2) is 4.98 Å². The number of rotatable bonds is 6. The summed E-state index contributed by atoms with van der Waals surface area (Å²) in [5, 5.41) is 5.05. The fourth-order valence-corrected chi connectivity index (χ4v) is 2.92. The molecule has 0 saturated heterocycles. The van der Waals surface area contributed by atoms with Crippen LogP contribution in [0.25, 0.3) is 10.7 Å². The number of carbonyl (C=O) groups excluding carboxylic acids is 1. The second-order valence-electron chi connectivity index (χ2n) is 4.96. The third-order valence-corrected chi connectivity index (χ3v) is 4.07. The van der Waals surface area contributed by atoms with Gasteiger partial charge in [-0.1, -0.05) is 18.2 Å². The van der Waals surface area contributed by atoms with Gasteiger partial charge in [0.25, 0.3) is 0 Å². The predicted molar refractivity (Wildman–Crippen MR) is 90.8 cm³/mol. The molecule has 0 fully saturated rings. The molecule has 0 spiro atoms. The molecule has 8 heteroatoms. The highest BCUT2D eigenvalue weighted by atomic mass is 32.1. The number of para-hydroxylation sites is 2. The average molecular weight is 361 g/mol. The van der Waals surface area contributed by atoms with Crippen LogP contribution in [0.3, 0.4) is 0 Å². The molecule has 1 amide bonds. The summed E-state index contributed by atoms with van der Waals surface area (Å²) < 4.78 is 29.2. The Bertz CT molecular complexity index is 856. The molecule has 0 bridgehead atoms. The van der Waals surface area contributed by atoms with E-state index in [-0.39, 0.29) is 23.8 Å². The predicted octanol–water partition coefficient (Wildman–Crippen LogP) is 3.99. The van der Waals surface area contributed by atoms with Crippen molar-refractivity contribution < 1.29 is 18.3 Å². The van der Waals surface area contributed by atoms with Gasteiger partial charge in [-0.15, -0.1) is 11.3 Å². The number of nitrogens with one attached hydrogen (secondary N) is 1. The molecular formula is C17H13F2N3O2S. The topological polar surface area (TPSA) is 64.1 Å². The van der Waals surface area contributed by atoms with Gasteiger partial charge in [0.15, 0.2) is 0 Å². The number of amides is 1. The van der Waals surface area contributed by atoms with Crippen molar-refractivity contribution >= 4 is 22.9 Å². The number of benzene rings is 1. The van der Waals surface area contributed by atoms with Crippen LogP contribution in [0.15, 0.2) is 54.0 Å². The van der Waals surface area contributed by atoms with Crippen LogP contribution in [0, 0.1) is 0 Å². The molecule has 0 radical (unpaired) electrons. The highest BCUT2D eigenvalue weighted by Gasteiger charge is 2.13. The number of thiazole rings is 1. The first-order valence-electron chi connectivity index (χ1n) is 7.31. The van der Waals surface area contributed by atoms with Crippen LogP contribution in [0.1, 0.15) is 5.69 Å². The SMILES string of the molecule is O=C(Cc1csc(-c2ccccn2)n1)Nc1ccccc1OC(F)F. The fourth-order valence-electron chi connectivity index (χ4n) is 2.12. The maximum atomic E-state index is 12.4. The summed E-state index contributed by atoms with van der Waals surface area (Å²) in [7, 11) is 0. The molecule has 1 N–H and O–H groups in total. The molecule has 25 heavy (non-hydrogen) atoms. The van der Waals surface area contributed by atoms with Gasteiger partial charge in [-0.05, 0) is 24.3 Å². The van der Waals surface area contributed by atoms with E-state index < -0.39 is 6.61 Å². The Morgan fingerprint density at radius 1 is 1.20 bits per heavy atom. The van der Waals surface area contributed by atoms with E-state index in [0.717, 1.165) is 5.69 Å². The van der Waals surface area contributed by atoms with E-state index in [4.69, 9.17) is 0 Å². The number of ether oxygens (including phenoxy) is 1. The van der Waals surface area contributed by atoms with Gasteiger partial charge in [-0.3, -0.25) is 9.78 Å². The van der Waals surface area contributed by atoms with Gasteiger partial charge < -0.3 is 10.1 Å². The second-order valence-corrected chi connectivity index (χ2v) is 5.82. The fraction of sp³-hybridized carbons (Fsp3) is 0.118. The molecule has 0 unspecified atom stereocenters. The highest BCUT2D eigenvalue weighted by molar-refractivity contribution is 7.13. The van der Waals surface area contributed by atoms with Gasteiger partial charge in [0, 0.05) is 11.6 Å². The quantitative estimate of drug-likeness (QED) is 0.721. The molecule has 0 atom stereocenters. The van der Waals surface area contributed by atoms with Crippen molar-refractivity contribution in [3.05, 3.63) is 59.7 Å². The molecule has 2 heterocycles. The smallest absolute Gasteiger partial charge is 0.387 e. The van der Waals surface area contributed by atoms with E-state index in [1.54, 1.807) is 23.7 Å². The van der Waals surface area contributed by atoms with Gasteiger partial charge in [0.1, 0.15) is 10.8 Å². The summed E-state index contributed by atoms with van der Waals surface area (Å²) >= 11 is 1.39. The lowest BCUT2D eigenvalue weighted by Crippen LogP contribution is -2.16. The van der Waals surface area contributed by atoms with Crippen molar-refractivity contribution in [2.24, 2.45) is 0 Å². The van der Waals surface area contributed by atoms with E-state index in [1.807, 2.05) is 18.2 Å². The van der Waals surface area contributed by atoms with E-state index in [2.05, 4.69) is 20.0 Å². The van der Waals surface area contributed by atoms with E-state index >= 15 is 0 Å². The molecule has 5 nitrogen and oxygen atoms in total. The number of nitrogens with zero attached hydrogens (tertiary/aromatic N) is 2. The van der Waals surface area contributed by atoms with Gasteiger partial charge in [0.05, 0.1) is 23.5 Å². The highest BCUT2D eigenvalue weighted by Crippen LogP contribution is 2.26. The normalized spacial score (nSPS) is 10.7. The Morgan fingerprint density at radius 2 is 2.00 bits per heavy atom. The first-order valence-corrected chi connectivity index (χ1v) is 8.19. The summed E-state index contributed by atoms with van der Waals surface area (Å²) in [6.07, 6.45) is 1.69. The summed E-state index contributed by atoms with van der Waals surface area (Å²) in [6, 6.07) is 11.5. The minimum absolute atomic E-state index is 0.0202. The maximum Gasteiger partial charge on any atom is 0.387 e. The zero-order valence-corrected chi connectivity index (χ0v) is 13.7. The lowest BCUT2D eigenvalue weighted by atomic mass is 10.2. The van der Waals surface area contributed by atoms with Crippen LogP contribution >= 0.6 is 11.3 Å². The van der Waals surface area contributed by atoms with Crippen LogP contribution in [0.5, 0.6) is 5.75 Å². The maximum absolute atomic E-state index is 12.4. The first kappa shape index (κ1) is 17.0. The van der Waals surface area contributed by atoms with Crippen LogP contribution in [0.4, 0.5) is 14.5 Å². The van der Waals surface area contributed by atoms with Crippen molar-refractivity contribution in [3.8, 4) is 16.5 Å². The van der Waals surface area contributed by atoms with Gasteiger partial charge >= 0.3 is 6.61 Å². The minimum atomic E-state index is -2.96. The third-order valence-electron chi connectivity index (χ3n) is 3.15. The standard InChI is InChI=1S/C17H13F2N3O2S/c18-17(19)24-14-7-2-1-5-12(14)22-15(23)9-11-10-25-16(21-11)13-6-3-4-8-20-13/h1-8,10,17H,9H2,(H,22,23). The zero-order valence-electron chi connectivity index (χ0n) is 12.9. The molecule has 3 rings (SSSR count). The summed E-state index contributed by atoms with van der Waals surface area (Å²) in [6.45, 7) is -2.96. The summed E-state index contributed by atoms with van der Waals surface area (Å²) in [5.74, 6) is -0.457. The summed E-state index contributed by atoms with van der Waals surface area (Å²) in [5.41, 5.74) is 1.50. The van der Waals surface area contributed by atoms with Crippen molar-refractivity contribution in [1.29, 1.82) is 0 Å². The monoisotopic (exact) mass is 361 g/mol. The number of aromatic nitrogens is 2. The Morgan fingerprint density at radius 3 is 2.76 bits per heavy atom. The molecule has 0 aliphatic rings. The van der Waals surface area contributed by atoms with Crippen molar-refractivity contribution in [1.82, 2.24) is 9.97 Å². The molecule has 128 valence electrons. The van der Waals surface area contributed by atoms with Crippen molar-refractivity contribution in [3.63, 3.8) is 0 Å². The lowest BCUT2D eigenvalue weighted by Gasteiger charge is -2.11. The number of hydrogen-bond donors (Lipinski definition) is 1. The number of alkyl halides is 2. The van der Waals surface area contributed by atoms with Gasteiger partial charge in [0.2, 0.25) is 5.91 Å². The molecule has 1 aromatic carbocycles. The zero-order chi connectivity index (χ0) is 17.6. The second kappa shape index (κ2) is 7.80. The lowest BCUT2D eigenvalue weighted by molar-refractivity contribution is -0.115. The van der Waals surface area contributed by atoms with Crippen LogP contribution in [-0.2, 0) is 11.2 Å². The summed E-state index contributed by atoms with van der Waals surface area (Å²) in [4.78, 5) is 20.7. The average Bonchev–Trinajstić information content (AvgIpc) is 3.05. The molecular weight excluding hydrogens is 348 g/mol. The van der Waals surface area contributed by atoms with E-state index in [0.29, 0.717) is 10.7 Å². The Balaban J connectivity index is 1.67. The molecule has 0 aliphatic heterocycles. The van der Waals surface area contributed by atoms with Crippen LogP contribution in [-0.4, -0.2) is 22.5 Å². The van der Waals surface area contributed by atoms with Gasteiger partial charge in [-0.2, -0.15) is 8.78 Å². The largest absolute Gasteiger partial charge is 0.433 e. The number of hydrogen-bond acceptors (Lipinski definition) is 5. The molecule has 2 aromatic heterocycles. The number of anilines is 1. The van der Waals surface area contributed by atoms with Crippen LogP contribution < -0.4 is 10.1 Å². The first-order chi connectivity index (χ1) is 12.1. The molecule has 0 aliphatic carbocycles. The Hall–Kier alpha value is -2.87.